The first-order valence-corrected chi connectivity index (χ1v) is 6.51. The zero-order chi connectivity index (χ0) is 14.0. The molecule has 2 aromatic rings. The first-order chi connectivity index (χ1) is 8.97. The molecular formula is C11H7ClIN3O3. The maximum Gasteiger partial charge on any atom is 0.325 e. The second-order valence-electron chi connectivity index (χ2n) is 3.56. The molecule has 6 nitrogen and oxygen atoms in total. The minimum atomic E-state index is -0.761. The van der Waals surface area contributed by atoms with E-state index in [0.717, 1.165) is 9.77 Å². The van der Waals surface area contributed by atoms with Crippen molar-refractivity contribution in [3.8, 4) is 0 Å². The fourth-order valence-corrected chi connectivity index (χ4v) is 2.02. The van der Waals surface area contributed by atoms with Crippen LogP contribution in [0.2, 0.25) is 5.02 Å². The highest BCUT2D eigenvalue weighted by atomic mass is 127. The maximum absolute atomic E-state index is 11.9. The summed E-state index contributed by atoms with van der Waals surface area (Å²) in [7, 11) is 0. The quantitative estimate of drug-likeness (QED) is 0.678. The van der Waals surface area contributed by atoms with Gasteiger partial charge in [-0.3, -0.25) is 14.6 Å². The van der Waals surface area contributed by atoms with E-state index in [1.54, 1.807) is 18.2 Å². The number of benzene rings is 1. The molecule has 0 fully saturated rings. The molecule has 1 amide bonds. The summed E-state index contributed by atoms with van der Waals surface area (Å²) in [6.07, 6.45) is 1.05. The number of hydrogen-bond acceptors (Lipinski definition) is 3. The first kappa shape index (κ1) is 13.8. The van der Waals surface area contributed by atoms with Gasteiger partial charge in [0.15, 0.2) is 0 Å². The van der Waals surface area contributed by atoms with Crippen molar-refractivity contribution < 1.29 is 4.79 Å². The number of amides is 1. The van der Waals surface area contributed by atoms with Crippen molar-refractivity contribution in [3.05, 3.63) is 59.4 Å². The van der Waals surface area contributed by atoms with E-state index >= 15 is 0 Å². The van der Waals surface area contributed by atoms with Crippen LogP contribution in [0.25, 0.3) is 0 Å². The number of rotatable bonds is 2. The van der Waals surface area contributed by atoms with Gasteiger partial charge in [-0.15, -0.1) is 0 Å². The molecule has 0 aliphatic rings. The Morgan fingerprint density at radius 2 is 2.05 bits per heavy atom. The summed E-state index contributed by atoms with van der Waals surface area (Å²) in [5.74, 6) is -0.651. The van der Waals surface area contributed by atoms with Crippen LogP contribution in [-0.4, -0.2) is 15.9 Å². The molecule has 98 valence electrons. The van der Waals surface area contributed by atoms with Crippen LogP contribution in [0.5, 0.6) is 0 Å². The van der Waals surface area contributed by atoms with Crippen molar-refractivity contribution in [3.63, 3.8) is 0 Å². The standard InChI is InChI=1S/C11H7ClIN3O3/c12-7-2-1-5(13)3-8(7)15-9(17)6-4-14-11(19)16-10(6)18/h1-4H,(H,15,17)(H2,14,16,18,19). The number of carbonyl (C=O) groups excluding carboxylic acids is 1. The Labute approximate surface area is 125 Å². The summed E-state index contributed by atoms with van der Waals surface area (Å²) in [6, 6.07) is 5.09. The molecule has 0 radical (unpaired) electrons. The Bertz CT molecular complexity index is 753. The molecule has 1 heterocycles. The number of aromatic nitrogens is 2. The molecule has 0 unspecified atom stereocenters. The highest BCUT2D eigenvalue weighted by Crippen LogP contribution is 2.24. The molecule has 0 saturated heterocycles. The lowest BCUT2D eigenvalue weighted by atomic mass is 10.2. The minimum absolute atomic E-state index is 0.200. The molecular weight excluding hydrogens is 384 g/mol. The van der Waals surface area contributed by atoms with Gasteiger partial charge in [-0.05, 0) is 40.8 Å². The Balaban J connectivity index is 2.33. The highest BCUT2D eigenvalue weighted by Gasteiger charge is 2.12. The average molecular weight is 392 g/mol. The molecule has 19 heavy (non-hydrogen) atoms. The molecule has 0 spiro atoms. The third-order valence-corrected chi connectivity index (χ3v) is 3.24. The van der Waals surface area contributed by atoms with Crippen LogP contribution in [-0.2, 0) is 0 Å². The van der Waals surface area contributed by atoms with Gasteiger partial charge in [-0.2, -0.15) is 0 Å². The van der Waals surface area contributed by atoms with Crippen molar-refractivity contribution in [1.29, 1.82) is 0 Å². The van der Waals surface area contributed by atoms with Crippen LogP contribution in [0.15, 0.2) is 34.0 Å². The number of halogens is 2. The molecule has 8 heteroatoms. The number of hydrogen-bond donors (Lipinski definition) is 3. The van der Waals surface area contributed by atoms with Gasteiger partial charge in [0.2, 0.25) is 0 Å². The van der Waals surface area contributed by atoms with Gasteiger partial charge in [0.05, 0.1) is 10.7 Å². The van der Waals surface area contributed by atoms with Crippen molar-refractivity contribution in [2.24, 2.45) is 0 Å². The van der Waals surface area contributed by atoms with E-state index in [4.69, 9.17) is 11.6 Å². The molecule has 0 aliphatic carbocycles. The van der Waals surface area contributed by atoms with Gasteiger partial charge < -0.3 is 10.3 Å². The fraction of sp³-hybridized carbons (Fsp3) is 0. The first-order valence-electron chi connectivity index (χ1n) is 5.06. The van der Waals surface area contributed by atoms with Gasteiger partial charge in [0.1, 0.15) is 5.56 Å². The summed E-state index contributed by atoms with van der Waals surface area (Å²) in [5, 5.41) is 2.87. The van der Waals surface area contributed by atoms with E-state index in [0.29, 0.717) is 10.7 Å². The number of anilines is 1. The Morgan fingerprint density at radius 1 is 1.32 bits per heavy atom. The van der Waals surface area contributed by atoms with Crippen LogP contribution in [0.1, 0.15) is 10.4 Å². The topological polar surface area (TPSA) is 94.8 Å². The SMILES string of the molecule is O=C(Nc1cc(I)ccc1Cl)c1c[nH]c(=O)[nH]c1=O. The third-order valence-electron chi connectivity index (χ3n) is 2.24. The van der Waals surface area contributed by atoms with Gasteiger partial charge >= 0.3 is 5.69 Å². The predicted molar refractivity (Wildman–Crippen MR) is 79.8 cm³/mol. The van der Waals surface area contributed by atoms with Crippen LogP contribution < -0.4 is 16.6 Å². The molecule has 0 bridgehead atoms. The number of aromatic amines is 2. The predicted octanol–water partition coefficient (Wildman–Crippen LogP) is 1.57. The molecule has 3 N–H and O–H groups in total. The van der Waals surface area contributed by atoms with Gasteiger partial charge in [-0.25, -0.2) is 4.79 Å². The lowest BCUT2D eigenvalue weighted by Gasteiger charge is -2.06. The van der Waals surface area contributed by atoms with Gasteiger partial charge in [0, 0.05) is 9.77 Å². The van der Waals surface area contributed by atoms with Crippen molar-refractivity contribution in [2.45, 2.75) is 0 Å². The van der Waals surface area contributed by atoms with Crippen molar-refractivity contribution >= 4 is 45.8 Å². The van der Waals surface area contributed by atoms with Crippen LogP contribution in [0, 0.1) is 3.57 Å². The van der Waals surface area contributed by atoms with E-state index in [1.165, 1.54) is 0 Å². The monoisotopic (exact) mass is 391 g/mol. The number of carbonyl (C=O) groups is 1. The second-order valence-corrected chi connectivity index (χ2v) is 5.22. The van der Waals surface area contributed by atoms with E-state index in [9.17, 15) is 14.4 Å². The van der Waals surface area contributed by atoms with Gasteiger partial charge in [-0.1, -0.05) is 11.6 Å². The summed E-state index contributed by atoms with van der Waals surface area (Å²) in [6.45, 7) is 0. The highest BCUT2D eigenvalue weighted by molar-refractivity contribution is 14.1. The molecule has 1 aromatic heterocycles. The van der Waals surface area contributed by atoms with E-state index in [2.05, 4.69) is 32.9 Å². The maximum atomic E-state index is 11.9. The van der Waals surface area contributed by atoms with Crippen molar-refractivity contribution in [2.75, 3.05) is 5.32 Å². The molecule has 1 aromatic carbocycles. The fourth-order valence-electron chi connectivity index (χ4n) is 1.36. The molecule has 0 atom stereocenters. The summed E-state index contributed by atoms with van der Waals surface area (Å²) < 4.78 is 0.882. The third kappa shape index (κ3) is 3.24. The zero-order valence-corrected chi connectivity index (χ0v) is 12.2. The Morgan fingerprint density at radius 3 is 2.74 bits per heavy atom. The smallest absolute Gasteiger partial charge is 0.320 e. The minimum Gasteiger partial charge on any atom is -0.320 e. The lowest BCUT2D eigenvalue weighted by molar-refractivity contribution is 0.102. The number of H-pyrrole nitrogens is 2. The average Bonchev–Trinajstić information content (AvgIpc) is 2.33. The molecule has 2 rings (SSSR count). The van der Waals surface area contributed by atoms with Crippen LogP contribution >= 0.6 is 34.2 Å². The van der Waals surface area contributed by atoms with Crippen LogP contribution in [0.3, 0.4) is 0 Å². The second kappa shape index (κ2) is 5.57. The normalized spacial score (nSPS) is 10.2. The number of nitrogens with one attached hydrogen (secondary N) is 3. The zero-order valence-electron chi connectivity index (χ0n) is 9.29. The van der Waals surface area contributed by atoms with E-state index < -0.39 is 17.2 Å². The Hall–Kier alpha value is -1.61. The molecule has 0 saturated carbocycles. The van der Waals surface area contributed by atoms with E-state index in [1.807, 2.05) is 4.98 Å². The Kier molecular flexibility index (Phi) is 4.05. The largest absolute Gasteiger partial charge is 0.325 e. The van der Waals surface area contributed by atoms with Gasteiger partial charge in [0.25, 0.3) is 11.5 Å². The van der Waals surface area contributed by atoms with E-state index in [-0.39, 0.29) is 5.56 Å². The van der Waals surface area contributed by atoms with Crippen LogP contribution in [0.4, 0.5) is 5.69 Å². The van der Waals surface area contributed by atoms with Crippen molar-refractivity contribution in [1.82, 2.24) is 9.97 Å². The molecule has 0 aliphatic heterocycles. The summed E-state index contributed by atoms with van der Waals surface area (Å²) in [5.41, 5.74) is -1.24. The summed E-state index contributed by atoms with van der Waals surface area (Å²) in [4.78, 5) is 38.4. The lowest BCUT2D eigenvalue weighted by Crippen LogP contribution is -2.29. The summed E-state index contributed by atoms with van der Waals surface area (Å²) >= 11 is 8.00.